The molecule has 2 rings (SSSR count). The molecule has 0 saturated carbocycles. The first kappa shape index (κ1) is 12.9. The summed E-state index contributed by atoms with van der Waals surface area (Å²) in [4.78, 5) is 1.15. The SMILES string of the molecule is CNCc1cc(F)ccc1SCC1CCCO1. The van der Waals surface area contributed by atoms with Crippen molar-refractivity contribution in [2.24, 2.45) is 0 Å². The average molecular weight is 255 g/mol. The third-order valence-corrected chi connectivity index (χ3v) is 4.09. The lowest BCUT2D eigenvalue weighted by Crippen LogP contribution is -2.10. The van der Waals surface area contributed by atoms with E-state index in [1.807, 2.05) is 13.1 Å². The van der Waals surface area contributed by atoms with Gasteiger partial charge in [0.2, 0.25) is 0 Å². The van der Waals surface area contributed by atoms with Crippen LogP contribution in [0.3, 0.4) is 0 Å². The second kappa shape index (κ2) is 6.38. The molecule has 1 heterocycles. The van der Waals surface area contributed by atoms with Crippen molar-refractivity contribution in [1.29, 1.82) is 0 Å². The maximum Gasteiger partial charge on any atom is 0.123 e. The Balaban J connectivity index is 1.98. The van der Waals surface area contributed by atoms with Crippen molar-refractivity contribution in [3.8, 4) is 0 Å². The van der Waals surface area contributed by atoms with E-state index in [9.17, 15) is 4.39 Å². The third-order valence-electron chi connectivity index (χ3n) is 2.84. The summed E-state index contributed by atoms with van der Waals surface area (Å²) in [7, 11) is 1.87. The van der Waals surface area contributed by atoms with Crippen molar-refractivity contribution in [1.82, 2.24) is 5.32 Å². The highest BCUT2D eigenvalue weighted by Gasteiger charge is 2.16. The molecule has 17 heavy (non-hydrogen) atoms. The van der Waals surface area contributed by atoms with E-state index in [1.54, 1.807) is 17.8 Å². The van der Waals surface area contributed by atoms with Crippen molar-refractivity contribution < 1.29 is 9.13 Å². The highest BCUT2D eigenvalue weighted by molar-refractivity contribution is 7.99. The standard InChI is InChI=1S/C13H18FNOS/c1-15-8-10-7-11(14)4-5-13(10)17-9-12-3-2-6-16-12/h4-5,7,12,15H,2-3,6,8-9H2,1H3. The zero-order valence-corrected chi connectivity index (χ0v) is 10.9. The van der Waals surface area contributed by atoms with Crippen molar-refractivity contribution >= 4 is 11.8 Å². The van der Waals surface area contributed by atoms with Crippen LogP contribution in [0.1, 0.15) is 18.4 Å². The molecule has 1 aliphatic rings. The van der Waals surface area contributed by atoms with Crippen LogP contribution in [-0.2, 0) is 11.3 Å². The minimum absolute atomic E-state index is 0.170. The van der Waals surface area contributed by atoms with Gasteiger partial charge in [-0.05, 0) is 43.7 Å². The first-order valence-electron chi connectivity index (χ1n) is 5.97. The van der Waals surface area contributed by atoms with Gasteiger partial charge in [0.25, 0.3) is 0 Å². The van der Waals surface area contributed by atoms with Crippen LogP contribution in [0.15, 0.2) is 23.1 Å². The van der Waals surface area contributed by atoms with Crippen molar-refractivity contribution in [3.05, 3.63) is 29.6 Å². The van der Waals surface area contributed by atoms with Crippen LogP contribution >= 0.6 is 11.8 Å². The van der Waals surface area contributed by atoms with Crippen molar-refractivity contribution in [3.63, 3.8) is 0 Å². The largest absolute Gasteiger partial charge is 0.377 e. The van der Waals surface area contributed by atoms with Crippen LogP contribution in [0.25, 0.3) is 0 Å². The molecular formula is C13H18FNOS. The van der Waals surface area contributed by atoms with E-state index in [2.05, 4.69) is 5.32 Å². The fourth-order valence-corrected chi connectivity index (χ4v) is 3.09. The van der Waals surface area contributed by atoms with Crippen molar-refractivity contribution in [2.45, 2.75) is 30.4 Å². The van der Waals surface area contributed by atoms with Crippen LogP contribution in [0.5, 0.6) is 0 Å². The van der Waals surface area contributed by atoms with Crippen LogP contribution < -0.4 is 5.32 Å². The molecule has 1 aliphatic heterocycles. The molecule has 0 aliphatic carbocycles. The monoisotopic (exact) mass is 255 g/mol. The molecule has 1 saturated heterocycles. The topological polar surface area (TPSA) is 21.3 Å². The minimum atomic E-state index is -0.170. The number of benzene rings is 1. The zero-order chi connectivity index (χ0) is 12.1. The fraction of sp³-hybridized carbons (Fsp3) is 0.538. The predicted molar refractivity (Wildman–Crippen MR) is 68.9 cm³/mol. The van der Waals surface area contributed by atoms with Gasteiger partial charge in [-0.3, -0.25) is 0 Å². The van der Waals surface area contributed by atoms with Crippen LogP contribution in [0, 0.1) is 5.82 Å². The molecule has 1 N–H and O–H groups in total. The van der Waals surface area contributed by atoms with Gasteiger partial charge in [0.05, 0.1) is 6.10 Å². The summed E-state index contributed by atoms with van der Waals surface area (Å²) in [6.45, 7) is 1.59. The van der Waals surface area contributed by atoms with E-state index < -0.39 is 0 Å². The summed E-state index contributed by atoms with van der Waals surface area (Å²) in [5.41, 5.74) is 1.02. The highest BCUT2D eigenvalue weighted by Crippen LogP contribution is 2.27. The molecule has 1 fully saturated rings. The Bertz CT molecular complexity index is 366. The smallest absolute Gasteiger partial charge is 0.123 e. The Labute approximate surface area is 106 Å². The molecule has 0 aromatic heterocycles. The molecule has 4 heteroatoms. The maximum atomic E-state index is 13.1. The van der Waals surface area contributed by atoms with Gasteiger partial charge >= 0.3 is 0 Å². The quantitative estimate of drug-likeness (QED) is 0.818. The summed E-state index contributed by atoms with van der Waals surface area (Å²) < 4.78 is 18.7. The molecule has 1 atom stereocenters. The number of halogens is 1. The summed E-state index contributed by atoms with van der Waals surface area (Å²) in [6, 6.07) is 4.99. The Morgan fingerprint density at radius 2 is 2.41 bits per heavy atom. The summed E-state index contributed by atoms with van der Waals surface area (Å²) >= 11 is 1.76. The summed E-state index contributed by atoms with van der Waals surface area (Å²) in [5, 5.41) is 3.07. The number of hydrogen-bond acceptors (Lipinski definition) is 3. The van der Waals surface area contributed by atoms with E-state index in [0.717, 1.165) is 35.7 Å². The Hall–Kier alpha value is -0.580. The number of hydrogen-bond donors (Lipinski definition) is 1. The van der Waals surface area contributed by atoms with Gasteiger partial charge in [0.15, 0.2) is 0 Å². The minimum Gasteiger partial charge on any atom is -0.377 e. The zero-order valence-electron chi connectivity index (χ0n) is 10.0. The molecule has 0 radical (unpaired) electrons. The first-order chi connectivity index (χ1) is 8.29. The van der Waals surface area contributed by atoms with Crippen molar-refractivity contribution in [2.75, 3.05) is 19.4 Å². The molecule has 1 aromatic rings. The first-order valence-corrected chi connectivity index (χ1v) is 6.95. The summed E-state index contributed by atoms with van der Waals surface area (Å²) in [5.74, 6) is 0.791. The maximum absolute atomic E-state index is 13.1. The second-order valence-electron chi connectivity index (χ2n) is 4.23. The van der Waals surface area contributed by atoms with E-state index >= 15 is 0 Å². The lowest BCUT2D eigenvalue weighted by atomic mass is 10.2. The normalized spacial score (nSPS) is 19.8. The van der Waals surface area contributed by atoms with E-state index in [-0.39, 0.29) is 5.82 Å². The predicted octanol–water partition coefficient (Wildman–Crippen LogP) is 2.82. The molecule has 0 spiro atoms. The molecule has 0 bridgehead atoms. The molecule has 1 unspecified atom stereocenters. The van der Waals surface area contributed by atoms with Crippen LogP contribution in [0.4, 0.5) is 4.39 Å². The molecular weight excluding hydrogens is 237 g/mol. The Morgan fingerprint density at radius 3 is 3.12 bits per heavy atom. The van der Waals surface area contributed by atoms with Crippen LogP contribution in [0.2, 0.25) is 0 Å². The number of rotatable bonds is 5. The van der Waals surface area contributed by atoms with Gasteiger partial charge in [0, 0.05) is 23.8 Å². The van der Waals surface area contributed by atoms with Gasteiger partial charge in [-0.1, -0.05) is 0 Å². The van der Waals surface area contributed by atoms with Gasteiger partial charge in [-0.15, -0.1) is 11.8 Å². The lowest BCUT2D eigenvalue weighted by molar-refractivity contribution is 0.129. The van der Waals surface area contributed by atoms with Gasteiger partial charge in [-0.2, -0.15) is 0 Å². The highest BCUT2D eigenvalue weighted by atomic mass is 32.2. The van der Waals surface area contributed by atoms with E-state index in [4.69, 9.17) is 4.74 Å². The third kappa shape index (κ3) is 3.69. The number of nitrogens with one attached hydrogen (secondary N) is 1. The Morgan fingerprint density at radius 1 is 1.53 bits per heavy atom. The fourth-order valence-electron chi connectivity index (χ4n) is 1.98. The van der Waals surface area contributed by atoms with E-state index in [0.29, 0.717) is 12.6 Å². The molecule has 0 amide bonds. The average Bonchev–Trinajstić information content (AvgIpc) is 2.81. The second-order valence-corrected chi connectivity index (χ2v) is 5.29. The number of thioether (sulfide) groups is 1. The van der Waals surface area contributed by atoms with Gasteiger partial charge in [-0.25, -0.2) is 4.39 Å². The molecule has 2 nitrogen and oxygen atoms in total. The Kier molecular flexibility index (Phi) is 4.83. The van der Waals surface area contributed by atoms with Gasteiger partial charge < -0.3 is 10.1 Å². The lowest BCUT2D eigenvalue weighted by Gasteiger charge is -2.12. The van der Waals surface area contributed by atoms with Gasteiger partial charge in [0.1, 0.15) is 5.82 Å². The van der Waals surface area contributed by atoms with E-state index in [1.165, 1.54) is 6.07 Å². The summed E-state index contributed by atoms with van der Waals surface area (Å²) in [6.07, 6.45) is 2.68. The molecule has 94 valence electrons. The number of ether oxygens (including phenoxy) is 1. The van der Waals surface area contributed by atoms with Crippen LogP contribution in [-0.4, -0.2) is 25.5 Å². The molecule has 1 aromatic carbocycles.